The van der Waals surface area contributed by atoms with Crippen molar-refractivity contribution < 1.29 is 9.47 Å². The molecule has 0 unspecified atom stereocenters. The molecule has 0 N–H and O–H groups in total. The highest BCUT2D eigenvalue weighted by molar-refractivity contribution is 4.99. The van der Waals surface area contributed by atoms with Crippen LogP contribution in [0.5, 0.6) is 0 Å². The van der Waals surface area contributed by atoms with Crippen LogP contribution in [-0.2, 0) is 9.47 Å². The van der Waals surface area contributed by atoms with E-state index in [9.17, 15) is 0 Å². The highest BCUT2D eigenvalue weighted by atomic mass is 16.5. The molecule has 0 heterocycles. The summed E-state index contributed by atoms with van der Waals surface area (Å²) < 4.78 is 10.9. The molecule has 0 amide bonds. The van der Waals surface area contributed by atoms with Gasteiger partial charge in [0.25, 0.3) is 0 Å². The summed E-state index contributed by atoms with van der Waals surface area (Å²) in [4.78, 5) is 0. The van der Waals surface area contributed by atoms with Crippen LogP contribution in [0.2, 0.25) is 0 Å². The maximum Gasteiger partial charge on any atom is 0.0644 e. The molecule has 0 atom stereocenters. The van der Waals surface area contributed by atoms with Gasteiger partial charge in [0.2, 0.25) is 0 Å². The van der Waals surface area contributed by atoms with Gasteiger partial charge < -0.3 is 9.47 Å². The van der Waals surface area contributed by atoms with Crippen molar-refractivity contribution in [1.82, 2.24) is 0 Å². The molecular formula is C12H21NO2. The first-order valence-corrected chi connectivity index (χ1v) is 5.53. The summed E-state index contributed by atoms with van der Waals surface area (Å²) in [6.45, 7) is 5.56. The summed E-state index contributed by atoms with van der Waals surface area (Å²) in [6, 6.07) is 2.23. The zero-order valence-corrected chi connectivity index (χ0v) is 10.0. The van der Waals surface area contributed by atoms with Crippen LogP contribution in [0.4, 0.5) is 0 Å². The standard InChI is InChI=1S/C12H21NO2/c1-11(2,14-3)7-9-15-10-12(4-5-12)6-8-13/h4-7,9-10H2,1-3H3. The van der Waals surface area contributed by atoms with Gasteiger partial charge in [0.15, 0.2) is 0 Å². The Bertz CT molecular complexity index is 238. The van der Waals surface area contributed by atoms with Crippen molar-refractivity contribution in [3.05, 3.63) is 0 Å². The van der Waals surface area contributed by atoms with Crippen LogP contribution in [0.25, 0.3) is 0 Å². The van der Waals surface area contributed by atoms with Crippen LogP contribution < -0.4 is 0 Å². The Morgan fingerprint density at radius 3 is 2.53 bits per heavy atom. The summed E-state index contributed by atoms with van der Waals surface area (Å²) in [7, 11) is 1.72. The first-order chi connectivity index (χ1) is 7.04. The second-order valence-electron chi connectivity index (χ2n) is 5.10. The number of hydrogen-bond acceptors (Lipinski definition) is 3. The normalized spacial score (nSPS) is 18.5. The van der Waals surface area contributed by atoms with Crippen LogP contribution in [0.1, 0.15) is 39.5 Å². The Hall–Kier alpha value is -0.590. The Morgan fingerprint density at radius 1 is 1.40 bits per heavy atom. The first-order valence-electron chi connectivity index (χ1n) is 5.53. The zero-order valence-electron chi connectivity index (χ0n) is 10.0. The predicted molar refractivity (Wildman–Crippen MR) is 58.4 cm³/mol. The fourth-order valence-corrected chi connectivity index (χ4v) is 1.43. The molecule has 86 valence electrons. The molecule has 0 aromatic rings. The number of nitrogens with zero attached hydrogens (tertiary/aromatic N) is 1. The van der Waals surface area contributed by atoms with Crippen molar-refractivity contribution in [3.63, 3.8) is 0 Å². The van der Waals surface area contributed by atoms with E-state index in [1.807, 2.05) is 0 Å². The maximum atomic E-state index is 8.64. The van der Waals surface area contributed by atoms with Crippen molar-refractivity contribution in [2.45, 2.75) is 45.1 Å². The molecule has 1 aliphatic rings. The van der Waals surface area contributed by atoms with E-state index in [0.717, 1.165) is 25.9 Å². The minimum absolute atomic E-state index is 0.105. The highest BCUT2D eigenvalue weighted by Gasteiger charge is 2.42. The van der Waals surface area contributed by atoms with Gasteiger partial charge in [0.1, 0.15) is 0 Å². The van der Waals surface area contributed by atoms with Crippen molar-refractivity contribution in [1.29, 1.82) is 5.26 Å². The van der Waals surface area contributed by atoms with Crippen LogP contribution in [-0.4, -0.2) is 25.9 Å². The molecule has 0 radical (unpaired) electrons. The number of rotatable bonds is 7. The molecule has 0 saturated heterocycles. The topological polar surface area (TPSA) is 42.2 Å². The van der Waals surface area contributed by atoms with E-state index in [1.54, 1.807) is 7.11 Å². The predicted octanol–water partition coefficient (Wildman–Crippen LogP) is 2.51. The number of hydrogen-bond donors (Lipinski definition) is 0. The average molecular weight is 211 g/mol. The van der Waals surface area contributed by atoms with Gasteiger partial charge in [0.05, 0.1) is 18.3 Å². The van der Waals surface area contributed by atoms with E-state index in [-0.39, 0.29) is 11.0 Å². The SMILES string of the molecule is COC(C)(C)CCOCC1(CC#N)CC1. The minimum atomic E-state index is -0.105. The third-order valence-corrected chi connectivity index (χ3v) is 3.22. The van der Waals surface area contributed by atoms with Crippen molar-refractivity contribution >= 4 is 0 Å². The molecule has 0 aromatic heterocycles. The first kappa shape index (κ1) is 12.5. The number of ether oxygens (including phenoxy) is 2. The fraction of sp³-hybridized carbons (Fsp3) is 0.917. The van der Waals surface area contributed by atoms with E-state index in [1.165, 1.54) is 0 Å². The molecule has 3 nitrogen and oxygen atoms in total. The summed E-state index contributed by atoms with van der Waals surface area (Å²) in [5, 5.41) is 8.64. The summed E-state index contributed by atoms with van der Waals surface area (Å²) in [5.74, 6) is 0. The van der Waals surface area contributed by atoms with Gasteiger partial charge in [-0.2, -0.15) is 5.26 Å². The van der Waals surface area contributed by atoms with Crippen LogP contribution >= 0.6 is 0 Å². The Kier molecular flexibility index (Phi) is 4.12. The lowest BCUT2D eigenvalue weighted by Crippen LogP contribution is -2.25. The van der Waals surface area contributed by atoms with Crippen molar-refractivity contribution in [2.75, 3.05) is 20.3 Å². The van der Waals surface area contributed by atoms with E-state index in [2.05, 4.69) is 19.9 Å². The minimum Gasteiger partial charge on any atom is -0.381 e. The van der Waals surface area contributed by atoms with Crippen LogP contribution in [0.3, 0.4) is 0 Å². The molecule has 0 aromatic carbocycles. The van der Waals surface area contributed by atoms with E-state index < -0.39 is 0 Å². The van der Waals surface area contributed by atoms with Crippen molar-refractivity contribution in [3.8, 4) is 6.07 Å². The molecule has 1 fully saturated rings. The zero-order chi connectivity index (χ0) is 11.4. The van der Waals surface area contributed by atoms with Crippen LogP contribution in [0.15, 0.2) is 0 Å². The Morgan fingerprint density at radius 2 is 2.07 bits per heavy atom. The van der Waals surface area contributed by atoms with Gasteiger partial charge in [-0.3, -0.25) is 0 Å². The monoisotopic (exact) mass is 211 g/mol. The average Bonchev–Trinajstić information content (AvgIpc) is 2.94. The smallest absolute Gasteiger partial charge is 0.0644 e. The second-order valence-corrected chi connectivity index (χ2v) is 5.10. The molecule has 1 rings (SSSR count). The fourth-order valence-electron chi connectivity index (χ4n) is 1.43. The Balaban J connectivity index is 2.10. The summed E-state index contributed by atoms with van der Waals surface area (Å²) in [6.07, 6.45) is 3.83. The largest absolute Gasteiger partial charge is 0.381 e. The number of nitriles is 1. The van der Waals surface area contributed by atoms with Gasteiger partial charge in [-0.25, -0.2) is 0 Å². The van der Waals surface area contributed by atoms with Gasteiger partial charge in [-0.15, -0.1) is 0 Å². The quantitative estimate of drug-likeness (QED) is 0.608. The lowest BCUT2D eigenvalue weighted by atomic mass is 10.0. The third-order valence-electron chi connectivity index (χ3n) is 3.22. The van der Waals surface area contributed by atoms with Gasteiger partial charge in [-0.1, -0.05) is 0 Å². The molecule has 15 heavy (non-hydrogen) atoms. The molecule has 3 heteroatoms. The lowest BCUT2D eigenvalue weighted by Gasteiger charge is -2.23. The second kappa shape index (κ2) is 4.96. The third kappa shape index (κ3) is 4.19. The van der Waals surface area contributed by atoms with Gasteiger partial charge >= 0.3 is 0 Å². The maximum absolute atomic E-state index is 8.64. The van der Waals surface area contributed by atoms with E-state index >= 15 is 0 Å². The molecule has 0 aliphatic heterocycles. The molecule has 1 aliphatic carbocycles. The van der Waals surface area contributed by atoms with Crippen molar-refractivity contribution in [2.24, 2.45) is 5.41 Å². The highest BCUT2D eigenvalue weighted by Crippen LogP contribution is 2.48. The van der Waals surface area contributed by atoms with Crippen LogP contribution in [0, 0.1) is 16.7 Å². The Labute approximate surface area is 92.4 Å². The van der Waals surface area contributed by atoms with Gasteiger partial charge in [-0.05, 0) is 33.1 Å². The molecule has 1 saturated carbocycles. The lowest BCUT2D eigenvalue weighted by molar-refractivity contribution is -0.0157. The molecule has 0 spiro atoms. The summed E-state index contributed by atoms with van der Waals surface area (Å²) >= 11 is 0. The van der Waals surface area contributed by atoms with E-state index in [0.29, 0.717) is 13.0 Å². The molecular weight excluding hydrogens is 190 g/mol. The summed E-state index contributed by atoms with van der Waals surface area (Å²) in [5.41, 5.74) is 0.0951. The molecule has 0 bridgehead atoms. The number of methoxy groups -OCH3 is 1. The van der Waals surface area contributed by atoms with E-state index in [4.69, 9.17) is 14.7 Å². The van der Waals surface area contributed by atoms with Gasteiger partial charge in [0, 0.05) is 25.6 Å².